The highest BCUT2D eigenvalue weighted by atomic mass is 19.4. The molecule has 3 nitrogen and oxygen atoms in total. The number of anilines is 1. The van der Waals surface area contributed by atoms with Crippen LogP contribution in [-0.2, 0) is 12.6 Å². The molecular weight excluding hydrogens is 245 g/mol. The van der Waals surface area contributed by atoms with Crippen LogP contribution >= 0.6 is 0 Å². The Balaban J connectivity index is 3.53. The first-order chi connectivity index (χ1) is 7.77. The van der Waals surface area contributed by atoms with Crippen molar-refractivity contribution in [2.45, 2.75) is 19.0 Å². The molecule has 0 saturated carbocycles. The van der Waals surface area contributed by atoms with Gasteiger partial charge in [0, 0.05) is 0 Å². The lowest BCUT2D eigenvalue weighted by atomic mass is 10.0. The molecule has 8 heteroatoms. The van der Waals surface area contributed by atoms with E-state index in [1.165, 1.54) is 6.07 Å². The summed E-state index contributed by atoms with van der Waals surface area (Å²) in [5.41, 5.74) is 1.61. The third-order valence-corrected chi connectivity index (χ3v) is 1.93. The summed E-state index contributed by atoms with van der Waals surface area (Å²) in [6, 6.07) is 1.80. The van der Waals surface area contributed by atoms with Crippen molar-refractivity contribution < 1.29 is 22.0 Å². The normalized spacial score (nSPS) is 11.6. The minimum Gasteiger partial charge on any atom is -0.384 e. The van der Waals surface area contributed by atoms with Crippen LogP contribution < -0.4 is 5.73 Å². The van der Waals surface area contributed by atoms with E-state index >= 15 is 0 Å². The maximum Gasteiger partial charge on any atom is 0.417 e. The van der Waals surface area contributed by atoms with Crippen LogP contribution in [0.25, 0.3) is 0 Å². The molecule has 0 amide bonds. The Morgan fingerprint density at radius 3 is 2.41 bits per heavy atom. The lowest BCUT2D eigenvalue weighted by Crippen LogP contribution is -2.14. The van der Waals surface area contributed by atoms with Crippen LogP contribution in [0.15, 0.2) is 6.07 Å². The van der Waals surface area contributed by atoms with Crippen molar-refractivity contribution in [3.05, 3.63) is 22.9 Å². The molecule has 0 aromatic carbocycles. The zero-order chi connectivity index (χ0) is 13.2. The SMILES string of the molecule is N#CCc1nc(N)cc(C(F)(F)F)c1C(F)F. The number of alkyl halides is 5. The van der Waals surface area contributed by atoms with Gasteiger partial charge in [0.1, 0.15) is 5.82 Å². The van der Waals surface area contributed by atoms with E-state index in [1.807, 2.05) is 0 Å². The summed E-state index contributed by atoms with van der Waals surface area (Å²) in [5, 5.41) is 8.35. The lowest BCUT2D eigenvalue weighted by Gasteiger charge is -2.15. The van der Waals surface area contributed by atoms with Crippen molar-refractivity contribution in [3.8, 4) is 6.07 Å². The molecule has 0 saturated heterocycles. The molecule has 0 spiro atoms. The van der Waals surface area contributed by atoms with E-state index in [9.17, 15) is 22.0 Å². The Morgan fingerprint density at radius 1 is 1.41 bits per heavy atom. The van der Waals surface area contributed by atoms with Gasteiger partial charge in [0.15, 0.2) is 0 Å². The minimum atomic E-state index is -4.97. The number of nitrogen functional groups attached to an aromatic ring is 1. The van der Waals surface area contributed by atoms with Crippen LogP contribution in [0.4, 0.5) is 27.8 Å². The van der Waals surface area contributed by atoms with Crippen LogP contribution in [0, 0.1) is 11.3 Å². The molecule has 1 aromatic rings. The van der Waals surface area contributed by atoms with E-state index in [-0.39, 0.29) is 0 Å². The van der Waals surface area contributed by atoms with Crippen molar-refractivity contribution in [2.75, 3.05) is 5.73 Å². The Bertz CT molecular complexity index is 461. The topological polar surface area (TPSA) is 62.7 Å². The van der Waals surface area contributed by atoms with Crippen LogP contribution in [0.5, 0.6) is 0 Å². The van der Waals surface area contributed by atoms with E-state index in [4.69, 9.17) is 11.0 Å². The largest absolute Gasteiger partial charge is 0.417 e. The Kier molecular flexibility index (Phi) is 3.50. The molecule has 0 bridgehead atoms. The van der Waals surface area contributed by atoms with Gasteiger partial charge < -0.3 is 5.73 Å². The van der Waals surface area contributed by atoms with Crippen molar-refractivity contribution in [3.63, 3.8) is 0 Å². The van der Waals surface area contributed by atoms with Gasteiger partial charge in [0.2, 0.25) is 0 Å². The summed E-state index contributed by atoms with van der Waals surface area (Å²) >= 11 is 0. The first-order valence-electron chi connectivity index (χ1n) is 4.29. The maximum absolute atomic E-state index is 12.6. The van der Waals surface area contributed by atoms with Gasteiger partial charge in [-0.05, 0) is 6.07 Å². The maximum atomic E-state index is 12.6. The number of pyridine rings is 1. The van der Waals surface area contributed by atoms with Gasteiger partial charge in [-0.15, -0.1) is 0 Å². The monoisotopic (exact) mass is 251 g/mol. The zero-order valence-electron chi connectivity index (χ0n) is 8.22. The van der Waals surface area contributed by atoms with E-state index in [0.29, 0.717) is 6.07 Å². The molecule has 2 N–H and O–H groups in total. The molecule has 1 rings (SSSR count). The van der Waals surface area contributed by atoms with Crippen molar-refractivity contribution in [1.29, 1.82) is 5.26 Å². The van der Waals surface area contributed by atoms with Gasteiger partial charge in [-0.25, -0.2) is 13.8 Å². The third-order valence-electron chi connectivity index (χ3n) is 1.93. The molecule has 0 aliphatic heterocycles. The quantitative estimate of drug-likeness (QED) is 0.822. The summed E-state index contributed by atoms with van der Waals surface area (Å²) in [6.07, 6.45) is -9.00. The van der Waals surface area contributed by atoms with Crippen LogP contribution in [0.1, 0.15) is 23.2 Å². The van der Waals surface area contributed by atoms with Gasteiger partial charge in [-0.2, -0.15) is 18.4 Å². The fraction of sp³-hybridized carbons (Fsp3) is 0.333. The first kappa shape index (κ1) is 13.2. The summed E-state index contributed by atoms with van der Waals surface area (Å²) in [6.45, 7) is 0. The number of hydrogen-bond donors (Lipinski definition) is 1. The second-order valence-electron chi connectivity index (χ2n) is 3.09. The highest BCUT2D eigenvalue weighted by molar-refractivity contribution is 5.44. The summed E-state index contributed by atoms with van der Waals surface area (Å²) < 4.78 is 62.7. The molecule has 1 heterocycles. The van der Waals surface area contributed by atoms with Gasteiger partial charge in [0.25, 0.3) is 6.43 Å². The number of nitrogens with zero attached hydrogens (tertiary/aromatic N) is 2. The summed E-state index contributed by atoms with van der Waals surface area (Å²) in [5.74, 6) is -0.549. The minimum absolute atomic E-state index is 0.336. The Labute approximate surface area is 92.7 Å². The number of aromatic nitrogens is 1. The average molecular weight is 251 g/mol. The third kappa shape index (κ3) is 2.81. The van der Waals surface area contributed by atoms with E-state index < -0.39 is 41.7 Å². The van der Waals surface area contributed by atoms with Crippen molar-refractivity contribution in [2.24, 2.45) is 0 Å². The fourth-order valence-corrected chi connectivity index (χ4v) is 1.32. The smallest absolute Gasteiger partial charge is 0.384 e. The number of rotatable bonds is 2. The predicted octanol–water partition coefficient (Wildman–Crippen LogP) is 2.69. The number of halogens is 5. The van der Waals surface area contributed by atoms with E-state index in [2.05, 4.69) is 4.98 Å². The van der Waals surface area contributed by atoms with Crippen molar-refractivity contribution >= 4 is 5.82 Å². The first-order valence-corrected chi connectivity index (χ1v) is 4.29. The van der Waals surface area contributed by atoms with Crippen LogP contribution in [-0.4, -0.2) is 4.98 Å². The highest BCUT2D eigenvalue weighted by Gasteiger charge is 2.38. The number of nitrogens with two attached hydrogens (primary N) is 1. The van der Waals surface area contributed by atoms with Crippen LogP contribution in [0.3, 0.4) is 0 Å². The molecule has 92 valence electrons. The Hall–Kier alpha value is -1.91. The van der Waals surface area contributed by atoms with Gasteiger partial charge in [-0.3, -0.25) is 0 Å². The predicted molar refractivity (Wildman–Crippen MR) is 47.9 cm³/mol. The van der Waals surface area contributed by atoms with E-state index in [1.54, 1.807) is 0 Å². The van der Waals surface area contributed by atoms with Crippen molar-refractivity contribution in [1.82, 2.24) is 4.98 Å². The molecule has 0 unspecified atom stereocenters. The Morgan fingerprint density at radius 2 is 2.00 bits per heavy atom. The molecule has 0 atom stereocenters. The molecular formula is C9H6F5N3. The highest BCUT2D eigenvalue weighted by Crippen LogP contribution is 2.38. The van der Waals surface area contributed by atoms with Gasteiger partial charge in [-0.1, -0.05) is 0 Å². The summed E-state index contributed by atoms with van der Waals surface area (Å²) in [4.78, 5) is 3.33. The second kappa shape index (κ2) is 4.53. The molecule has 0 aliphatic rings. The standard InChI is InChI=1S/C9H6F5N3/c10-8(11)7-4(9(12,13)14)3-6(16)17-5(7)1-2-15/h3,8H,1H2,(H2,16,17). The average Bonchev–Trinajstić information content (AvgIpc) is 2.15. The summed E-state index contributed by atoms with van der Waals surface area (Å²) in [7, 11) is 0. The molecule has 0 fully saturated rings. The zero-order valence-corrected chi connectivity index (χ0v) is 8.22. The van der Waals surface area contributed by atoms with E-state index in [0.717, 1.165) is 0 Å². The van der Waals surface area contributed by atoms with Gasteiger partial charge in [0.05, 0.1) is 29.3 Å². The molecule has 0 radical (unpaired) electrons. The van der Waals surface area contributed by atoms with Gasteiger partial charge >= 0.3 is 6.18 Å². The fourth-order valence-electron chi connectivity index (χ4n) is 1.32. The lowest BCUT2D eigenvalue weighted by molar-refractivity contribution is -0.139. The molecule has 17 heavy (non-hydrogen) atoms. The molecule has 1 aromatic heterocycles. The number of nitriles is 1. The second-order valence-corrected chi connectivity index (χ2v) is 3.09. The molecule has 0 aliphatic carbocycles. The number of hydrogen-bond acceptors (Lipinski definition) is 3. The van der Waals surface area contributed by atoms with Crippen LogP contribution in [0.2, 0.25) is 0 Å².